The molecule has 1 aromatic carbocycles. The lowest BCUT2D eigenvalue weighted by molar-refractivity contribution is -0.136. The van der Waals surface area contributed by atoms with E-state index in [-0.39, 0.29) is 41.8 Å². The maximum Gasteiger partial charge on any atom is 0.264 e. The number of nitrogens with zero attached hydrogens (tertiary/aromatic N) is 2. The van der Waals surface area contributed by atoms with Crippen molar-refractivity contribution in [3.05, 3.63) is 29.3 Å². The molecular formula is C22H25N5O5. The van der Waals surface area contributed by atoms with Crippen LogP contribution in [-0.2, 0) is 14.4 Å². The van der Waals surface area contributed by atoms with Crippen LogP contribution in [0, 0.1) is 5.41 Å². The van der Waals surface area contributed by atoms with Crippen molar-refractivity contribution in [2.45, 2.75) is 31.7 Å². The second-order valence-corrected chi connectivity index (χ2v) is 9.05. The van der Waals surface area contributed by atoms with E-state index < -0.39 is 29.7 Å². The van der Waals surface area contributed by atoms with Crippen LogP contribution < -0.4 is 16.0 Å². The normalized spacial score (nSPS) is 24.3. The molecule has 1 unspecified atom stereocenters. The van der Waals surface area contributed by atoms with Gasteiger partial charge in [-0.3, -0.25) is 34.2 Å². The zero-order chi connectivity index (χ0) is 22.5. The van der Waals surface area contributed by atoms with Crippen molar-refractivity contribution in [1.29, 1.82) is 0 Å². The summed E-state index contributed by atoms with van der Waals surface area (Å²) in [5.74, 6) is -2.27. The summed E-state index contributed by atoms with van der Waals surface area (Å²) in [6.07, 6.45) is 2.26. The highest BCUT2D eigenvalue weighted by atomic mass is 16.2. The Balaban J connectivity index is 1.30. The van der Waals surface area contributed by atoms with Crippen LogP contribution in [0.5, 0.6) is 0 Å². The number of hydrogen-bond donors (Lipinski definition) is 3. The highest BCUT2D eigenvalue weighted by Gasteiger charge is 2.46. The summed E-state index contributed by atoms with van der Waals surface area (Å²) in [7, 11) is 0. The zero-order valence-electron chi connectivity index (χ0n) is 17.6. The van der Waals surface area contributed by atoms with Crippen LogP contribution in [0.4, 0.5) is 5.69 Å². The van der Waals surface area contributed by atoms with E-state index in [4.69, 9.17) is 0 Å². The number of fused-ring (bicyclic) bond motifs is 1. The molecule has 3 fully saturated rings. The van der Waals surface area contributed by atoms with E-state index in [9.17, 15) is 24.0 Å². The van der Waals surface area contributed by atoms with Gasteiger partial charge in [-0.2, -0.15) is 0 Å². The third kappa shape index (κ3) is 3.35. The number of likely N-dealkylation sites (tertiary alicyclic amines) is 1. The van der Waals surface area contributed by atoms with E-state index >= 15 is 0 Å². The molecule has 5 rings (SSSR count). The molecule has 0 radical (unpaired) electrons. The van der Waals surface area contributed by atoms with E-state index in [0.29, 0.717) is 5.69 Å². The Morgan fingerprint density at radius 3 is 2.69 bits per heavy atom. The molecule has 4 aliphatic rings. The summed E-state index contributed by atoms with van der Waals surface area (Å²) >= 11 is 0. The molecule has 0 bridgehead atoms. The smallest absolute Gasteiger partial charge is 0.264 e. The summed E-state index contributed by atoms with van der Waals surface area (Å²) in [4.78, 5) is 65.3. The molecule has 10 nitrogen and oxygen atoms in total. The fourth-order valence-corrected chi connectivity index (χ4v) is 5.13. The number of carbonyl (C=O) groups is 5. The first-order valence-electron chi connectivity index (χ1n) is 11.0. The van der Waals surface area contributed by atoms with Crippen LogP contribution in [0.3, 0.4) is 0 Å². The number of nitrogens with one attached hydrogen (secondary N) is 3. The van der Waals surface area contributed by atoms with Gasteiger partial charge in [-0.15, -0.1) is 0 Å². The molecule has 1 aromatic rings. The van der Waals surface area contributed by atoms with Crippen LogP contribution in [0.25, 0.3) is 0 Å². The van der Waals surface area contributed by atoms with Gasteiger partial charge in [-0.1, -0.05) is 6.07 Å². The quantitative estimate of drug-likeness (QED) is 0.550. The first kappa shape index (κ1) is 20.6. The van der Waals surface area contributed by atoms with E-state index in [0.717, 1.165) is 43.9 Å². The number of imide groups is 2. The van der Waals surface area contributed by atoms with Crippen LogP contribution in [0.2, 0.25) is 0 Å². The molecule has 5 amide bonds. The van der Waals surface area contributed by atoms with Crippen molar-refractivity contribution >= 4 is 35.2 Å². The van der Waals surface area contributed by atoms with Crippen molar-refractivity contribution in [2.75, 3.05) is 38.0 Å². The Labute approximate surface area is 184 Å². The SMILES string of the molecule is O=C1CCC(N2C(=O)c3cccc(NCC(=O)N4CCCC5(CNC5)C4)c3C2=O)C(=O)N1. The topological polar surface area (TPSA) is 128 Å². The minimum absolute atomic E-state index is 0.0137. The van der Waals surface area contributed by atoms with Gasteiger partial charge in [0.05, 0.1) is 17.7 Å². The lowest BCUT2D eigenvalue weighted by atomic mass is 9.75. The van der Waals surface area contributed by atoms with Gasteiger partial charge in [-0.05, 0) is 31.4 Å². The molecule has 4 aliphatic heterocycles. The minimum Gasteiger partial charge on any atom is -0.375 e. The monoisotopic (exact) mass is 439 g/mol. The van der Waals surface area contributed by atoms with Gasteiger partial charge in [-0.25, -0.2) is 0 Å². The number of anilines is 1. The maximum atomic E-state index is 13.1. The molecule has 0 aliphatic carbocycles. The van der Waals surface area contributed by atoms with E-state index in [1.807, 2.05) is 4.90 Å². The third-order valence-corrected chi connectivity index (χ3v) is 6.91. The summed E-state index contributed by atoms with van der Waals surface area (Å²) in [6.45, 7) is 3.33. The lowest BCUT2D eigenvalue weighted by Crippen LogP contribution is -2.62. The molecule has 3 saturated heterocycles. The van der Waals surface area contributed by atoms with Gasteiger partial charge in [0.2, 0.25) is 17.7 Å². The number of rotatable bonds is 4. The fraction of sp³-hybridized carbons (Fsp3) is 0.500. The van der Waals surface area contributed by atoms with Gasteiger partial charge in [0.15, 0.2) is 0 Å². The largest absolute Gasteiger partial charge is 0.375 e. The van der Waals surface area contributed by atoms with Crippen molar-refractivity contribution < 1.29 is 24.0 Å². The summed E-state index contributed by atoms with van der Waals surface area (Å²) in [5, 5.41) is 8.51. The molecular weight excluding hydrogens is 414 g/mol. The van der Waals surface area contributed by atoms with E-state index in [1.165, 1.54) is 6.07 Å². The predicted molar refractivity (Wildman–Crippen MR) is 113 cm³/mol. The maximum absolute atomic E-state index is 13.1. The predicted octanol–water partition coefficient (Wildman–Crippen LogP) is -0.288. The fourth-order valence-electron chi connectivity index (χ4n) is 5.13. The Kier molecular flexibility index (Phi) is 4.96. The Morgan fingerprint density at radius 2 is 1.97 bits per heavy atom. The van der Waals surface area contributed by atoms with Gasteiger partial charge >= 0.3 is 0 Å². The van der Waals surface area contributed by atoms with Crippen LogP contribution >= 0.6 is 0 Å². The molecule has 4 heterocycles. The van der Waals surface area contributed by atoms with Crippen molar-refractivity contribution in [1.82, 2.24) is 20.4 Å². The minimum atomic E-state index is -1.02. The van der Waals surface area contributed by atoms with Crippen LogP contribution in [-0.4, -0.2) is 78.1 Å². The van der Waals surface area contributed by atoms with Gasteiger partial charge in [0.25, 0.3) is 11.8 Å². The average molecular weight is 439 g/mol. The van der Waals surface area contributed by atoms with Gasteiger partial charge < -0.3 is 15.5 Å². The number of carbonyl (C=O) groups excluding carboxylic acids is 5. The molecule has 0 saturated carbocycles. The van der Waals surface area contributed by atoms with Crippen molar-refractivity contribution in [3.63, 3.8) is 0 Å². The van der Waals surface area contributed by atoms with Gasteiger partial charge in [0.1, 0.15) is 6.04 Å². The number of piperidine rings is 2. The van der Waals surface area contributed by atoms with E-state index in [1.54, 1.807) is 12.1 Å². The highest BCUT2D eigenvalue weighted by Crippen LogP contribution is 2.34. The van der Waals surface area contributed by atoms with Crippen LogP contribution in [0.1, 0.15) is 46.4 Å². The van der Waals surface area contributed by atoms with Crippen molar-refractivity contribution in [3.8, 4) is 0 Å². The van der Waals surface area contributed by atoms with E-state index in [2.05, 4.69) is 16.0 Å². The lowest BCUT2D eigenvalue weighted by Gasteiger charge is -2.49. The molecule has 0 aromatic heterocycles. The molecule has 1 atom stereocenters. The number of amides is 5. The standard InChI is InChI=1S/C22H25N5O5/c28-16-6-5-15(19(30)25-16)27-20(31)13-3-1-4-14(18(13)21(27)32)24-9-17(29)26-8-2-7-22(12-26)10-23-11-22/h1,3-4,15,23-24H,2,5-12H2,(H,25,28,30). The first-order valence-corrected chi connectivity index (χ1v) is 11.0. The number of hydrogen-bond acceptors (Lipinski definition) is 7. The first-order chi connectivity index (χ1) is 15.4. The Bertz CT molecular complexity index is 1030. The molecule has 3 N–H and O–H groups in total. The summed E-state index contributed by atoms with van der Waals surface area (Å²) < 4.78 is 0. The Hall–Kier alpha value is -3.27. The molecule has 10 heteroatoms. The van der Waals surface area contributed by atoms with Gasteiger partial charge in [0, 0.05) is 43.7 Å². The average Bonchev–Trinajstić information content (AvgIpc) is 3.02. The number of benzene rings is 1. The molecule has 168 valence electrons. The molecule has 1 spiro atoms. The summed E-state index contributed by atoms with van der Waals surface area (Å²) in [6, 6.07) is 3.81. The molecule has 32 heavy (non-hydrogen) atoms. The Morgan fingerprint density at radius 1 is 1.16 bits per heavy atom. The van der Waals surface area contributed by atoms with Crippen molar-refractivity contribution in [2.24, 2.45) is 5.41 Å². The second-order valence-electron chi connectivity index (χ2n) is 9.05. The third-order valence-electron chi connectivity index (χ3n) is 6.91. The zero-order valence-corrected chi connectivity index (χ0v) is 17.6. The van der Waals surface area contributed by atoms with Crippen LogP contribution in [0.15, 0.2) is 18.2 Å². The summed E-state index contributed by atoms with van der Waals surface area (Å²) in [5.41, 5.74) is 0.927. The second kappa shape index (κ2) is 7.70. The highest BCUT2D eigenvalue weighted by molar-refractivity contribution is 6.25.